The van der Waals surface area contributed by atoms with Crippen molar-refractivity contribution in [2.24, 2.45) is 7.05 Å². The number of aryl methyl sites for hydroxylation is 1. The molecule has 3 aromatic rings. The summed E-state index contributed by atoms with van der Waals surface area (Å²) in [4.78, 5) is 40.0. The minimum Gasteiger partial charge on any atom is -0.383 e. The molecule has 0 fully saturated rings. The summed E-state index contributed by atoms with van der Waals surface area (Å²) in [5.41, 5.74) is 2.59. The highest BCUT2D eigenvalue weighted by molar-refractivity contribution is 5.94. The molecule has 3 rings (SSSR count). The van der Waals surface area contributed by atoms with Crippen LogP contribution in [0.2, 0.25) is 0 Å². The smallest absolute Gasteiger partial charge is 0.269 e. The first-order valence-corrected chi connectivity index (χ1v) is 11.5. The van der Waals surface area contributed by atoms with Crippen LogP contribution >= 0.6 is 0 Å². The van der Waals surface area contributed by atoms with Crippen LogP contribution in [0.15, 0.2) is 79.0 Å². The third kappa shape index (κ3) is 7.64. The van der Waals surface area contributed by atoms with E-state index in [-0.39, 0.29) is 37.2 Å². The molecular weight excluding hydrogens is 460 g/mol. The van der Waals surface area contributed by atoms with E-state index in [1.165, 1.54) is 30.2 Å². The van der Waals surface area contributed by atoms with Crippen LogP contribution in [-0.2, 0) is 34.5 Å². The van der Waals surface area contributed by atoms with Gasteiger partial charge in [0.05, 0.1) is 18.1 Å². The molecule has 36 heavy (non-hydrogen) atoms. The van der Waals surface area contributed by atoms with Crippen molar-refractivity contribution in [3.8, 4) is 0 Å². The van der Waals surface area contributed by atoms with Gasteiger partial charge in [-0.05, 0) is 41.5 Å². The number of carbonyl (C=O) groups is 2. The van der Waals surface area contributed by atoms with Crippen molar-refractivity contribution in [1.29, 1.82) is 0 Å². The zero-order valence-corrected chi connectivity index (χ0v) is 20.4. The molecule has 1 heterocycles. The van der Waals surface area contributed by atoms with Gasteiger partial charge in [0.2, 0.25) is 11.8 Å². The third-order valence-corrected chi connectivity index (χ3v) is 5.70. The van der Waals surface area contributed by atoms with Gasteiger partial charge in [-0.2, -0.15) is 0 Å². The molecule has 0 aliphatic rings. The summed E-state index contributed by atoms with van der Waals surface area (Å²) in [6, 6.07) is 19.5. The predicted molar refractivity (Wildman–Crippen MR) is 137 cm³/mol. The monoisotopic (exact) mass is 490 g/mol. The summed E-state index contributed by atoms with van der Waals surface area (Å²) in [5, 5.41) is 10.8. The molecule has 1 aromatic heterocycles. The molecule has 0 saturated carbocycles. The minimum atomic E-state index is -0.479. The van der Waals surface area contributed by atoms with Gasteiger partial charge in [0, 0.05) is 57.3 Å². The SMILES string of the molecule is COCCN(CC(=O)N(Cc1ccccc1)Cc1cccn1C)C(=O)/C=C/c1ccc([N+](=O)[O-])cc1. The van der Waals surface area contributed by atoms with E-state index in [4.69, 9.17) is 4.74 Å². The Morgan fingerprint density at radius 3 is 2.33 bits per heavy atom. The molecule has 0 unspecified atom stereocenters. The number of non-ortho nitro benzene ring substituents is 1. The van der Waals surface area contributed by atoms with Crippen molar-refractivity contribution >= 4 is 23.6 Å². The van der Waals surface area contributed by atoms with E-state index in [0.29, 0.717) is 18.7 Å². The average molecular weight is 491 g/mol. The highest BCUT2D eigenvalue weighted by atomic mass is 16.6. The molecule has 2 aromatic carbocycles. The van der Waals surface area contributed by atoms with E-state index >= 15 is 0 Å². The lowest BCUT2D eigenvalue weighted by atomic mass is 10.2. The molecule has 188 valence electrons. The third-order valence-electron chi connectivity index (χ3n) is 5.70. The molecule has 9 nitrogen and oxygen atoms in total. The minimum absolute atomic E-state index is 0.0254. The van der Waals surface area contributed by atoms with Crippen molar-refractivity contribution in [3.05, 3.63) is 106 Å². The van der Waals surface area contributed by atoms with Crippen LogP contribution in [0.1, 0.15) is 16.8 Å². The first-order valence-electron chi connectivity index (χ1n) is 11.5. The van der Waals surface area contributed by atoms with Gasteiger partial charge in [-0.25, -0.2) is 0 Å². The zero-order valence-electron chi connectivity index (χ0n) is 20.4. The number of hydrogen-bond donors (Lipinski definition) is 0. The van der Waals surface area contributed by atoms with Crippen LogP contribution in [0.25, 0.3) is 6.08 Å². The summed E-state index contributed by atoms with van der Waals surface area (Å²) in [5.74, 6) is -0.537. The fourth-order valence-corrected chi connectivity index (χ4v) is 3.60. The Bertz CT molecular complexity index is 1190. The Labute approximate surface area is 210 Å². The molecule has 0 radical (unpaired) electrons. The van der Waals surface area contributed by atoms with Crippen molar-refractivity contribution in [2.45, 2.75) is 13.1 Å². The van der Waals surface area contributed by atoms with E-state index in [0.717, 1.165) is 11.3 Å². The lowest BCUT2D eigenvalue weighted by molar-refractivity contribution is -0.384. The number of nitro benzene ring substituents is 1. The quantitative estimate of drug-likeness (QED) is 0.219. The normalized spacial score (nSPS) is 10.9. The average Bonchev–Trinajstić information content (AvgIpc) is 3.29. The maximum atomic E-state index is 13.4. The molecule has 0 spiro atoms. The Morgan fingerprint density at radius 1 is 1.00 bits per heavy atom. The fourth-order valence-electron chi connectivity index (χ4n) is 3.60. The Morgan fingerprint density at radius 2 is 1.72 bits per heavy atom. The second-order valence-electron chi connectivity index (χ2n) is 8.28. The van der Waals surface area contributed by atoms with Crippen LogP contribution in [-0.4, -0.2) is 57.9 Å². The first kappa shape index (κ1) is 26.4. The Hall–Kier alpha value is -4.24. The van der Waals surface area contributed by atoms with E-state index in [2.05, 4.69) is 0 Å². The van der Waals surface area contributed by atoms with Gasteiger partial charge in [-0.3, -0.25) is 19.7 Å². The second-order valence-corrected chi connectivity index (χ2v) is 8.28. The van der Waals surface area contributed by atoms with Crippen LogP contribution in [0.3, 0.4) is 0 Å². The van der Waals surface area contributed by atoms with Crippen molar-refractivity contribution < 1.29 is 19.2 Å². The van der Waals surface area contributed by atoms with Gasteiger partial charge < -0.3 is 19.1 Å². The summed E-state index contributed by atoms with van der Waals surface area (Å²) in [6.45, 7) is 1.23. The predicted octanol–water partition coefficient (Wildman–Crippen LogP) is 3.65. The summed E-state index contributed by atoms with van der Waals surface area (Å²) >= 11 is 0. The Balaban J connectivity index is 1.75. The van der Waals surface area contributed by atoms with Gasteiger partial charge in [0.25, 0.3) is 5.69 Å². The molecule has 2 amide bonds. The molecule has 0 aliphatic carbocycles. The second kappa shape index (κ2) is 13.0. The molecule has 0 saturated heterocycles. The van der Waals surface area contributed by atoms with Crippen LogP contribution in [0.5, 0.6) is 0 Å². The van der Waals surface area contributed by atoms with Gasteiger partial charge in [0.15, 0.2) is 0 Å². The lowest BCUT2D eigenvalue weighted by Crippen LogP contribution is -2.43. The zero-order chi connectivity index (χ0) is 25.9. The number of benzene rings is 2. The van der Waals surface area contributed by atoms with Crippen molar-refractivity contribution in [2.75, 3.05) is 26.8 Å². The number of nitrogens with zero attached hydrogens (tertiary/aromatic N) is 4. The van der Waals surface area contributed by atoms with Crippen LogP contribution in [0.4, 0.5) is 5.69 Å². The topological polar surface area (TPSA) is 97.9 Å². The number of aromatic nitrogens is 1. The molecular formula is C27H30N4O5. The first-order chi connectivity index (χ1) is 17.4. The van der Waals surface area contributed by atoms with Crippen LogP contribution in [0, 0.1) is 10.1 Å². The molecule has 0 atom stereocenters. The highest BCUT2D eigenvalue weighted by Gasteiger charge is 2.21. The maximum Gasteiger partial charge on any atom is 0.269 e. The standard InChI is InChI=1S/C27H30N4O5/c1-28-16-6-9-25(28)20-30(19-23-7-4-3-5-8-23)27(33)21-29(17-18-36-2)26(32)15-12-22-10-13-24(14-11-22)31(34)35/h3-16H,17-21H2,1-2H3/b15-12+. The van der Waals surface area contributed by atoms with Gasteiger partial charge in [-0.15, -0.1) is 0 Å². The van der Waals surface area contributed by atoms with E-state index in [9.17, 15) is 19.7 Å². The fraction of sp³-hybridized carbons (Fsp3) is 0.259. The number of carbonyl (C=O) groups excluding carboxylic acids is 2. The molecule has 9 heteroatoms. The lowest BCUT2D eigenvalue weighted by Gasteiger charge is -2.27. The molecule has 0 N–H and O–H groups in total. The number of methoxy groups -OCH3 is 1. The van der Waals surface area contributed by atoms with Crippen molar-refractivity contribution in [1.82, 2.24) is 14.4 Å². The number of rotatable bonds is 12. The van der Waals surface area contributed by atoms with Gasteiger partial charge >= 0.3 is 0 Å². The summed E-state index contributed by atoms with van der Waals surface area (Å²) in [7, 11) is 3.46. The van der Waals surface area contributed by atoms with Gasteiger partial charge in [-0.1, -0.05) is 30.3 Å². The maximum absolute atomic E-state index is 13.4. The molecule has 0 aliphatic heterocycles. The Kier molecular flexibility index (Phi) is 9.53. The van der Waals surface area contributed by atoms with Crippen molar-refractivity contribution in [3.63, 3.8) is 0 Å². The largest absolute Gasteiger partial charge is 0.383 e. The number of amides is 2. The number of nitro groups is 1. The van der Waals surface area contributed by atoms with Crippen LogP contribution < -0.4 is 0 Å². The number of ether oxygens (including phenoxy) is 1. The van der Waals surface area contributed by atoms with E-state index in [1.807, 2.05) is 60.3 Å². The summed E-state index contributed by atoms with van der Waals surface area (Å²) in [6.07, 6.45) is 4.86. The summed E-state index contributed by atoms with van der Waals surface area (Å²) < 4.78 is 7.11. The van der Waals surface area contributed by atoms with E-state index in [1.54, 1.807) is 23.1 Å². The van der Waals surface area contributed by atoms with E-state index < -0.39 is 4.92 Å². The highest BCUT2D eigenvalue weighted by Crippen LogP contribution is 2.14. The molecule has 0 bridgehead atoms. The van der Waals surface area contributed by atoms with Gasteiger partial charge in [0.1, 0.15) is 6.54 Å². The number of hydrogen-bond acceptors (Lipinski definition) is 5.